The zero-order chi connectivity index (χ0) is 20.4. The maximum absolute atomic E-state index is 12.8. The van der Waals surface area contributed by atoms with Gasteiger partial charge in [-0.1, -0.05) is 24.3 Å². The van der Waals surface area contributed by atoms with Gasteiger partial charge in [0.15, 0.2) is 6.10 Å². The Morgan fingerprint density at radius 3 is 2.72 bits per heavy atom. The monoisotopic (exact) mass is 391 g/mol. The van der Waals surface area contributed by atoms with E-state index in [2.05, 4.69) is 15.4 Å². The molecule has 0 radical (unpaired) electrons. The van der Waals surface area contributed by atoms with E-state index in [1.54, 1.807) is 35.1 Å². The Morgan fingerprint density at radius 1 is 1.24 bits per heavy atom. The summed E-state index contributed by atoms with van der Waals surface area (Å²) in [6, 6.07) is 14.8. The average Bonchev–Trinajstić information content (AvgIpc) is 3.28. The van der Waals surface area contributed by atoms with Crippen molar-refractivity contribution in [2.75, 3.05) is 12.4 Å². The summed E-state index contributed by atoms with van der Waals surface area (Å²) >= 11 is 0. The molecule has 8 nitrogen and oxygen atoms in total. The van der Waals surface area contributed by atoms with Gasteiger partial charge in [0.2, 0.25) is 5.91 Å². The third-order valence-electron chi connectivity index (χ3n) is 5.10. The molecule has 0 saturated heterocycles. The topological polar surface area (TPSA) is 89.3 Å². The molecule has 1 aliphatic rings. The van der Waals surface area contributed by atoms with E-state index in [0.717, 1.165) is 11.3 Å². The Bertz CT molecular complexity index is 1020. The summed E-state index contributed by atoms with van der Waals surface area (Å²) < 4.78 is 7.40. The minimum atomic E-state index is -0.846. The first-order chi connectivity index (χ1) is 14.0. The number of hydrogen-bond donors (Lipinski definition) is 1. The highest BCUT2D eigenvalue weighted by atomic mass is 16.5. The molecule has 4 rings (SSSR count). The third-order valence-corrected chi connectivity index (χ3v) is 5.10. The number of ether oxygens (including phenoxy) is 1. The summed E-state index contributed by atoms with van der Waals surface area (Å²) in [6.07, 6.45) is 2.23. The number of nitrogens with one attached hydrogen (secondary N) is 1. The van der Waals surface area contributed by atoms with E-state index < -0.39 is 6.10 Å². The van der Waals surface area contributed by atoms with Gasteiger partial charge in [-0.15, -0.1) is 0 Å². The van der Waals surface area contributed by atoms with Crippen LogP contribution >= 0.6 is 0 Å². The van der Waals surface area contributed by atoms with Crippen molar-refractivity contribution in [3.63, 3.8) is 0 Å². The summed E-state index contributed by atoms with van der Waals surface area (Å²) in [7, 11) is 1.73. The van der Waals surface area contributed by atoms with E-state index >= 15 is 0 Å². The number of para-hydroxylation sites is 2. The Balaban J connectivity index is 1.42. The molecule has 148 valence electrons. The normalized spacial score (nSPS) is 16.3. The molecule has 3 aromatic rings. The number of nitrogens with zero attached hydrogens (tertiary/aromatic N) is 4. The fourth-order valence-corrected chi connectivity index (χ4v) is 3.22. The third kappa shape index (κ3) is 3.82. The van der Waals surface area contributed by atoms with E-state index in [1.807, 2.05) is 43.3 Å². The molecule has 0 saturated carbocycles. The Morgan fingerprint density at radius 2 is 2.00 bits per heavy atom. The Kier molecular flexibility index (Phi) is 4.99. The second kappa shape index (κ2) is 7.75. The van der Waals surface area contributed by atoms with Crippen LogP contribution in [0.1, 0.15) is 24.9 Å². The van der Waals surface area contributed by atoms with Crippen molar-refractivity contribution in [1.82, 2.24) is 19.7 Å². The van der Waals surface area contributed by atoms with Crippen LogP contribution in [0.4, 0.5) is 5.69 Å². The highest BCUT2D eigenvalue weighted by molar-refractivity contribution is 5.99. The molecule has 1 aromatic heterocycles. The molecule has 0 fully saturated rings. The molecule has 2 heterocycles. The summed E-state index contributed by atoms with van der Waals surface area (Å²) in [5, 5.41) is 6.89. The van der Waals surface area contributed by atoms with Crippen molar-refractivity contribution in [2.45, 2.75) is 25.5 Å². The summed E-state index contributed by atoms with van der Waals surface area (Å²) in [4.78, 5) is 30.6. The first kappa shape index (κ1) is 18.7. The van der Waals surface area contributed by atoms with Crippen molar-refractivity contribution in [3.8, 4) is 11.4 Å². The van der Waals surface area contributed by atoms with Gasteiger partial charge in [0.1, 0.15) is 18.4 Å². The van der Waals surface area contributed by atoms with Crippen LogP contribution in [0.15, 0.2) is 61.2 Å². The number of carbonyl (C=O) groups is 2. The van der Waals surface area contributed by atoms with Gasteiger partial charge in [-0.25, -0.2) is 9.67 Å². The smallest absolute Gasteiger partial charge is 0.266 e. The molecule has 2 atom stereocenters. The maximum Gasteiger partial charge on any atom is 0.266 e. The van der Waals surface area contributed by atoms with E-state index in [4.69, 9.17) is 4.74 Å². The molecule has 0 spiro atoms. The first-order valence-electron chi connectivity index (χ1n) is 9.30. The van der Waals surface area contributed by atoms with Crippen LogP contribution in [0.2, 0.25) is 0 Å². The summed E-state index contributed by atoms with van der Waals surface area (Å²) in [5.41, 5.74) is 2.48. The van der Waals surface area contributed by atoms with Crippen molar-refractivity contribution in [3.05, 3.63) is 66.7 Å². The molecule has 1 aliphatic heterocycles. The quantitative estimate of drug-likeness (QED) is 0.722. The van der Waals surface area contributed by atoms with Crippen LogP contribution in [0.5, 0.6) is 5.75 Å². The minimum absolute atomic E-state index is 0.0297. The average molecular weight is 391 g/mol. The molecule has 1 N–H and O–H groups in total. The SMILES string of the molecule is C[C@H](c1ccc(-n2cncn2)cc1)N(C)C(=O)C[C@@H]1Oc2ccccc2NC1=O. The number of rotatable bonds is 5. The fourth-order valence-electron chi connectivity index (χ4n) is 3.22. The Labute approximate surface area is 168 Å². The molecular formula is C21H21N5O3. The van der Waals surface area contributed by atoms with Crippen LogP contribution in [-0.2, 0) is 9.59 Å². The molecule has 0 aliphatic carbocycles. The number of anilines is 1. The predicted molar refractivity (Wildman–Crippen MR) is 107 cm³/mol. The highest BCUT2D eigenvalue weighted by Crippen LogP contribution is 2.30. The first-order valence-corrected chi connectivity index (χ1v) is 9.30. The van der Waals surface area contributed by atoms with Crippen molar-refractivity contribution >= 4 is 17.5 Å². The number of benzene rings is 2. The lowest BCUT2D eigenvalue weighted by Gasteiger charge is -2.29. The molecule has 29 heavy (non-hydrogen) atoms. The van der Waals surface area contributed by atoms with Gasteiger partial charge in [0, 0.05) is 7.05 Å². The fraction of sp³-hybridized carbons (Fsp3) is 0.238. The largest absolute Gasteiger partial charge is 0.478 e. The van der Waals surface area contributed by atoms with Gasteiger partial charge < -0.3 is 15.0 Å². The summed E-state index contributed by atoms with van der Waals surface area (Å²) in [5.74, 6) is 0.0944. The second-order valence-corrected chi connectivity index (χ2v) is 6.91. The molecular weight excluding hydrogens is 370 g/mol. The molecule has 0 bridgehead atoms. The van der Waals surface area contributed by atoms with E-state index in [9.17, 15) is 9.59 Å². The number of aromatic nitrogens is 3. The zero-order valence-corrected chi connectivity index (χ0v) is 16.1. The number of amides is 2. The van der Waals surface area contributed by atoms with Gasteiger partial charge >= 0.3 is 0 Å². The lowest BCUT2D eigenvalue weighted by atomic mass is 10.1. The van der Waals surface area contributed by atoms with Gasteiger partial charge in [0.25, 0.3) is 5.91 Å². The minimum Gasteiger partial charge on any atom is -0.478 e. The van der Waals surface area contributed by atoms with Gasteiger partial charge in [0.05, 0.1) is 23.8 Å². The summed E-state index contributed by atoms with van der Waals surface area (Å²) in [6.45, 7) is 1.94. The van der Waals surface area contributed by atoms with Crippen LogP contribution < -0.4 is 10.1 Å². The van der Waals surface area contributed by atoms with E-state index in [0.29, 0.717) is 11.4 Å². The number of fused-ring (bicyclic) bond motifs is 1. The molecule has 0 unspecified atom stereocenters. The Hall–Kier alpha value is -3.68. The lowest BCUT2D eigenvalue weighted by molar-refractivity contribution is -0.137. The van der Waals surface area contributed by atoms with Crippen LogP contribution in [0.25, 0.3) is 5.69 Å². The predicted octanol–water partition coefficient (Wildman–Crippen LogP) is 2.58. The van der Waals surface area contributed by atoms with Gasteiger partial charge in [-0.05, 0) is 36.8 Å². The van der Waals surface area contributed by atoms with Crippen LogP contribution in [0, 0.1) is 0 Å². The van der Waals surface area contributed by atoms with Crippen molar-refractivity contribution in [2.24, 2.45) is 0 Å². The lowest BCUT2D eigenvalue weighted by Crippen LogP contribution is -2.41. The highest BCUT2D eigenvalue weighted by Gasteiger charge is 2.31. The standard InChI is InChI=1S/C21H21N5O3/c1-14(15-7-9-16(10-8-15)26-13-22-12-23-26)25(2)20(27)11-19-21(28)24-17-5-3-4-6-18(17)29-19/h3-10,12-14,19H,11H2,1-2H3,(H,24,28)/t14-,19+/m1/s1. The van der Waals surface area contributed by atoms with Crippen molar-refractivity contribution in [1.29, 1.82) is 0 Å². The number of carbonyl (C=O) groups excluding carboxylic acids is 2. The molecule has 2 amide bonds. The zero-order valence-electron chi connectivity index (χ0n) is 16.1. The second-order valence-electron chi connectivity index (χ2n) is 6.91. The van der Waals surface area contributed by atoms with Gasteiger partial charge in [-0.2, -0.15) is 5.10 Å². The van der Waals surface area contributed by atoms with Crippen LogP contribution in [0.3, 0.4) is 0 Å². The molecule has 2 aromatic carbocycles. The van der Waals surface area contributed by atoms with E-state index in [-0.39, 0.29) is 24.3 Å². The van der Waals surface area contributed by atoms with E-state index in [1.165, 1.54) is 6.33 Å². The van der Waals surface area contributed by atoms with Gasteiger partial charge in [-0.3, -0.25) is 9.59 Å². The van der Waals surface area contributed by atoms with Crippen LogP contribution in [-0.4, -0.2) is 44.6 Å². The molecule has 8 heteroatoms. The number of hydrogen-bond acceptors (Lipinski definition) is 5. The maximum atomic E-state index is 12.8. The van der Waals surface area contributed by atoms with Crippen molar-refractivity contribution < 1.29 is 14.3 Å².